The second-order valence-corrected chi connectivity index (χ2v) is 6.27. The van der Waals surface area contributed by atoms with Gasteiger partial charge in [-0.25, -0.2) is 0 Å². The third-order valence-electron chi connectivity index (χ3n) is 3.98. The molecule has 1 aromatic carbocycles. The van der Waals surface area contributed by atoms with Gasteiger partial charge in [0, 0.05) is 30.9 Å². The van der Waals surface area contributed by atoms with E-state index in [4.69, 9.17) is 11.6 Å². The lowest BCUT2D eigenvalue weighted by Crippen LogP contribution is -2.28. The van der Waals surface area contributed by atoms with E-state index in [-0.39, 0.29) is 18.4 Å². The maximum Gasteiger partial charge on any atom is 0.257 e. The molecule has 0 atom stereocenters. The van der Waals surface area contributed by atoms with Gasteiger partial charge in [0.2, 0.25) is 5.91 Å². The number of nitrogens with zero attached hydrogens (tertiary/aromatic N) is 3. The summed E-state index contributed by atoms with van der Waals surface area (Å²) in [6.07, 6.45) is 5.25. The van der Waals surface area contributed by atoms with Gasteiger partial charge in [0.1, 0.15) is 6.54 Å². The molecule has 1 aromatic heterocycles. The number of aromatic nitrogens is 2. The average Bonchev–Trinajstić information content (AvgIpc) is 3.25. The summed E-state index contributed by atoms with van der Waals surface area (Å²) in [6.45, 7) is 2.11. The Hall–Kier alpha value is -2.34. The van der Waals surface area contributed by atoms with Gasteiger partial charge in [-0.1, -0.05) is 23.7 Å². The molecule has 3 rings (SSSR count). The number of hydrogen-bond donors (Lipinski definition) is 1. The number of carbonyl (C=O) groups excluding carboxylic acids is 2. The Balaban J connectivity index is 1.51. The fraction of sp³-hybridized carbons (Fsp3) is 0.353. The van der Waals surface area contributed by atoms with Crippen LogP contribution in [-0.2, 0) is 17.9 Å². The predicted molar refractivity (Wildman–Crippen MR) is 90.7 cm³/mol. The first-order valence-corrected chi connectivity index (χ1v) is 8.32. The van der Waals surface area contributed by atoms with Crippen molar-refractivity contribution in [3.63, 3.8) is 0 Å². The van der Waals surface area contributed by atoms with Crippen LogP contribution < -0.4 is 5.32 Å². The Morgan fingerprint density at radius 3 is 2.58 bits per heavy atom. The van der Waals surface area contributed by atoms with Crippen LogP contribution in [0.1, 0.15) is 28.8 Å². The number of benzene rings is 1. The van der Waals surface area contributed by atoms with Crippen molar-refractivity contribution in [1.29, 1.82) is 0 Å². The average molecular weight is 347 g/mol. The number of nitrogens with one attached hydrogen (secondary N) is 1. The minimum Gasteiger partial charge on any atom is -0.350 e. The molecule has 7 heteroatoms. The molecule has 1 N–H and O–H groups in total. The highest BCUT2D eigenvalue weighted by Gasteiger charge is 2.20. The van der Waals surface area contributed by atoms with Gasteiger partial charge >= 0.3 is 0 Å². The lowest BCUT2D eigenvalue weighted by atomic mass is 10.2. The van der Waals surface area contributed by atoms with E-state index in [1.807, 2.05) is 17.0 Å². The summed E-state index contributed by atoms with van der Waals surface area (Å²) in [7, 11) is 0. The first-order valence-electron chi connectivity index (χ1n) is 7.95. The summed E-state index contributed by atoms with van der Waals surface area (Å²) >= 11 is 5.83. The van der Waals surface area contributed by atoms with E-state index in [1.54, 1.807) is 18.3 Å². The molecule has 1 saturated heterocycles. The fourth-order valence-corrected chi connectivity index (χ4v) is 2.80. The van der Waals surface area contributed by atoms with Gasteiger partial charge < -0.3 is 10.2 Å². The van der Waals surface area contributed by atoms with E-state index in [1.165, 1.54) is 10.9 Å². The monoisotopic (exact) mass is 346 g/mol. The summed E-state index contributed by atoms with van der Waals surface area (Å²) in [5, 5.41) is 7.59. The Kier molecular flexibility index (Phi) is 5.15. The van der Waals surface area contributed by atoms with E-state index < -0.39 is 0 Å². The van der Waals surface area contributed by atoms with E-state index in [0.717, 1.165) is 31.5 Å². The van der Waals surface area contributed by atoms with E-state index >= 15 is 0 Å². The number of hydrogen-bond acceptors (Lipinski definition) is 3. The molecular formula is C17H19ClN4O2. The van der Waals surface area contributed by atoms with Crippen molar-refractivity contribution >= 4 is 23.4 Å². The van der Waals surface area contributed by atoms with Crippen molar-refractivity contribution < 1.29 is 9.59 Å². The van der Waals surface area contributed by atoms with Crippen molar-refractivity contribution in [1.82, 2.24) is 20.0 Å². The standard InChI is InChI=1S/C17H19ClN4O2/c18-15-5-3-13(4-6-15)9-19-16(23)12-22-11-14(10-20-22)17(24)21-7-1-2-8-21/h3-6,10-11H,1-2,7-9,12H2,(H,19,23). The molecule has 1 aliphatic heterocycles. The van der Waals surface area contributed by atoms with Crippen molar-refractivity contribution in [3.8, 4) is 0 Å². The maximum absolute atomic E-state index is 12.2. The lowest BCUT2D eigenvalue weighted by molar-refractivity contribution is -0.122. The minimum atomic E-state index is -0.159. The van der Waals surface area contributed by atoms with Gasteiger partial charge in [0.05, 0.1) is 11.8 Å². The molecule has 0 unspecified atom stereocenters. The van der Waals surface area contributed by atoms with E-state index in [2.05, 4.69) is 10.4 Å². The summed E-state index contributed by atoms with van der Waals surface area (Å²) in [5.41, 5.74) is 1.50. The molecule has 126 valence electrons. The van der Waals surface area contributed by atoms with E-state index in [0.29, 0.717) is 17.1 Å². The zero-order chi connectivity index (χ0) is 16.9. The molecular weight excluding hydrogens is 328 g/mol. The topological polar surface area (TPSA) is 67.2 Å². The molecule has 24 heavy (non-hydrogen) atoms. The Labute approximate surface area is 145 Å². The van der Waals surface area contributed by atoms with Crippen LogP contribution in [0.15, 0.2) is 36.7 Å². The number of halogens is 1. The van der Waals surface area contributed by atoms with Crippen LogP contribution in [0.2, 0.25) is 5.02 Å². The summed E-state index contributed by atoms with van der Waals surface area (Å²) < 4.78 is 1.49. The number of rotatable bonds is 5. The highest BCUT2D eigenvalue weighted by molar-refractivity contribution is 6.30. The quantitative estimate of drug-likeness (QED) is 0.901. The maximum atomic E-state index is 12.2. The van der Waals surface area contributed by atoms with Gasteiger partial charge in [-0.3, -0.25) is 14.3 Å². The molecule has 0 bridgehead atoms. The number of amides is 2. The Morgan fingerprint density at radius 2 is 1.88 bits per heavy atom. The smallest absolute Gasteiger partial charge is 0.257 e. The zero-order valence-corrected chi connectivity index (χ0v) is 14.0. The molecule has 0 aliphatic carbocycles. The number of likely N-dealkylation sites (tertiary alicyclic amines) is 1. The molecule has 0 spiro atoms. The van der Waals surface area contributed by atoms with Gasteiger partial charge in [-0.15, -0.1) is 0 Å². The summed E-state index contributed by atoms with van der Waals surface area (Å²) in [5.74, 6) is -0.173. The largest absolute Gasteiger partial charge is 0.350 e. The van der Waals surface area contributed by atoms with Gasteiger partial charge in [-0.05, 0) is 30.5 Å². The van der Waals surface area contributed by atoms with Crippen LogP contribution in [-0.4, -0.2) is 39.6 Å². The van der Waals surface area contributed by atoms with Crippen molar-refractivity contribution in [3.05, 3.63) is 52.8 Å². The summed E-state index contributed by atoms with van der Waals surface area (Å²) in [4.78, 5) is 26.1. The zero-order valence-electron chi connectivity index (χ0n) is 13.2. The van der Waals surface area contributed by atoms with Crippen molar-refractivity contribution in [2.75, 3.05) is 13.1 Å². The highest BCUT2D eigenvalue weighted by Crippen LogP contribution is 2.12. The van der Waals surface area contributed by atoms with Crippen molar-refractivity contribution in [2.24, 2.45) is 0 Å². The predicted octanol–water partition coefficient (Wildman–Crippen LogP) is 2.09. The molecule has 2 aromatic rings. The number of carbonyl (C=O) groups is 2. The normalized spacial score (nSPS) is 14.0. The fourth-order valence-electron chi connectivity index (χ4n) is 2.67. The third kappa shape index (κ3) is 4.14. The third-order valence-corrected chi connectivity index (χ3v) is 4.23. The van der Waals surface area contributed by atoms with Crippen LogP contribution >= 0.6 is 11.6 Å². The highest BCUT2D eigenvalue weighted by atomic mass is 35.5. The van der Waals surface area contributed by atoms with Crippen LogP contribution in [0.4, 0.5) is 0 Å². The lowest BCUT2D eigenvalue weighted by Gasteiger charge is -2.13. The van der Waals surface area contributed by atoms with Gasteiger partial charge in [-0.2, -0.15) is 5.10 Å². The Bertz CT molecular complexity index is 720. The molecule has 2 amide bonds. The molecule has 6 nitrogen and oxygen atoms in total. The molecule has 1 aliphatic rings. The van der Waals surface area contributed by atoms with Gasteiger partial charge in [0.15, 0.2) is 0 Å². The second-order valence-electron chi connectivity index (χ2n) is 5.83. The Morgan fingerprint density at radius 1 is 1.17 bits per heavy atom. The second kappa shape index (κ2) is 7.49. The summed E-state index contributed by atoms with van der Waals surface area (Å²) in [6, 6.07) is 7.30. The first kappa shape index (κ1) is 16.5. The van der Waals surface area contributed by atoms with E-state index in [9.17, 15) is 9.59 Å². The molecule has 0 saturated carbocycles. The molecule has 0 radical (unpaired) electrons. The van der Waals surface area contributed by atoms with Gasteiger partial charge in [0.25, 0.3) is 5.91 Å². The SMILES string of the molecule is O=C(Cn1cc(C(=O)N2CCCC2)cn1)NCc1ccc(Cl)cc1. The van der Waals surface area contributed by atoms with Crippen LogP contribution in [0, 0.1) is 0 Å². The first-order chi connectivity index (χ1) is 11.6. The molecule has 1 fully saturated rings. The van der Waals surface area contributed by atoms with Crippen molar-refractivity contribution in [2.45, 2.75) is 25.9 Å². The minimum absolute atomic E-state index is 0.0136. The van der Waals surface area contributed by atoms with Crippen LogP contribution in [0.5, 0.6) is 0 Å². The van der Waals surface area contributed by atoms with Crippen LogP contribution in [0.25, 0.3) is 0 Å². The van der Waals surface area contributed by atoms with Crippen LogP contribution in [0.3, 0.4) is 0 Å². The molecule has 2 heterocycles.